The van der Waals surface area contributed by atoms with Gasteiger partial charge in [0, 0.05) is 18.1 Å². The van der Waals surface area contributed by atoms with E-state index in [4.69, 9.17) is 5.73 Å². The first kappa shape index (κ1) is 13.2. The molecule has 0 saturated carbocycles. The molecule has 0 unspecified atom stereocenters. The zero-order chi connectivity index (χ0) is 14.8. The van der Waals surface area contributed by atoms with Gasteiger partial charge in [-0.2, -0.15) is 0 Å². The largest absolute Gasteiger partial charge is 0.397 e. The van der Waals surface area contributed by atoms with E-state index in [1.807, 2.05) is 31.3 Å². The van der Waals surface area contributed by atoms with Crippen molar-refractivity contribution in [1.29, 1.82) is 0 Å². The highest BCUT2D eigenvalue weighted by Crippen LogP contribution is 2.29. The van der Waals surface area contributed by atoms with Crippen LogP contribution in [0, 0.1) is 6.92 Å². The number of fused-ring (bicyclic) bond motifs is 1. The second-order valence-electron chi connectivity index (χ2n) is 4.92. The van der Waals surface area contributed by atoms with Crippen LogP contribution in [0.25, 0.3) is 10.9 Å². The normalized spacial score (nSPS) is 10.6. The minimum absolute atomic E-state index is 0.673. The predicted octanol–water partition coefficient (Wildman–Crippen LogP) is 3.31. The van der Waals surface area contributed by atoms with Crippen LogP contribution in [0.3, 0.4) is 0 Å². The van der Waals surface area contributed by atoms with E-state index in [1.165, 1.54) is 5.56 Å². The van der Waals surface area contributed by atoms with Crippen LogP contribution in [0.2, 0.25) is 0 Å². The smallest absolute Gasteiger partial charge is 0.141 e. The van der Waals surface area contributed by atoms with Crippen molar-refractivity contribution in [3.8, 4) is 0 Å². The molecule has 3 rings (SSSR count). The van der Waals surface area contributed by atoms with E-state index < -0.39 is 0 Å². The predicted molar refractivity (Wildman–Crippen MR) is 88.0 cm³/mol. The standard InChI is InChI=1S/C16H17N5/c1-10-4-3-5-11(6-10)21-16-12-7-13(17)15(18-2)8-14(12)19-9-20-16/h3-9,18H,17H2,1-2H3,(H,19,20,21). The Morgan fingerprint density at radius 1 is 1.10 bits per heavy atom. The molecule has 0 saturated heterocycles. The molecular formula is C16H17N5. The number of aryl methyl sites for hydroxylation is 1. The lowest BCUT2D eigenvalue weighted by Gasteiger charge is -2.11. The van der Waals surface area contributed by atoms with Crippen LogP contribution in [-0.2, 0) is 0 Å². The summed E-state index contributed by atoms with van der Waals surface area (Å²) in [6, 6.07) is 12.0. The minimum Gasteiger partial charge on any atom is -0.397 e. The Kier molecular flexibility index (Phi) is 3.31. The maximum Gasteiger partial charge on any atom is 0.141 e. The lowest BCUT2D eigenvalue weighted by molar-refractivity contribution is 1.22. The first-order valence-corrected chi connectivity index (χ1v) is 6.73. The molecule has 0 aliphatic heterocycles. The fourth-order valence-electron chi connectivity index (χ4n) is 2.30. The van der Waals surface area contributed by atoms with Crippen LogP contribution in [0.15, 0.2) is 42.7 Å². The number of benzene rings is 2. The second-order valence-corrected chi connectivity index (χ2v) is 4.92. The van der Waals surface area contributed by atoms with E-state index in [9.17, 15) is 0 Å². The van der Waals surface area contributed by atoms with Gasteiger partial charge in [0.1, 0.15) is 12.1 Å². The lowest BCUT2D eigenvalue weighted by atomic mass is 10.1. The molecule has 0 spiro atoms. The van der Waals surface area contributed by atoms with E-state index >= 15 is 0 Å². The highest BCUT2D eigenvalue weighted by atomic mass is 15.0. The van der Waals surface area contributed by atoms with Crippen LogP contribution in [-0.4, -0.2) is 17.0 Å². The van der Waals surface area contributed by atoms with Crippen molar-refractivity contribution < 1.29 is 0 Å². The summed E-state index contributed by atoms with van der Waals surface area (Å²) < 4.78 is 0. The summed E-state index contributed by atoms with van der Waals surface area (Å²) >= 11 is 0. The molecule has 0 aliphatic rings. The number of hydrogen-bond acceptors (Lipinski definition) is 5. The third kappa shape index (κ3) is 2.58. The molecule has 0 fully saturated rings. The maximum atomic E-state index is 6.04. The Bertz CT molecular complexity index is 798. The fourth-order valence-corrected chi connectivity index (χ4v) is 2.30. The highest BCUT2D eigenvalue weighted by molar-refractivity contribution is 5.96. The summed E-state index contributed by atoms with van der Waals surface area (Å²) in [5.41, 5.74) is 10.6. The molecule has 0 aliphatic carbocycles. The third-order valence-electron chi connectivity index (χ3n) is 3.36. The molecule has 21 heavy (non-hydrogen) atoms. The summed E-state index contributed by atoms with van der Waals surface area (Å²) in [6.07, 6.45) is 1.55. The molecule has 0 radical (unpaired) electrons. The molecule has 4 N–H and O–H groups in total. The molecule has 0 atom stereocenters. The number of nitrogens with zero attached hydrogens (tertiary/aromatic N) is 2. The minimum atomic E-state index is 0.673. The van der Waals surface area contributed by atoms with E-state index in [0.717, 1.165) is 28.1 Å². The first-order valence-electron chi connectivity index (χ1n) is 6.73. The Labute approximate surface area is 123 Å². The van der Waals surface area contributed by atoms with Crippen LogP contribution >= 0.6 is 0 Å². The van der Waals surface area contributed by atoms with Crippen molar-refractivity contribution in [2.75, 3.05) is 23.4 Å². The number of nitrogens with one attached hydrogen (secondary N) is 2. The number of anilines is 4. The van der Waals surface area contributed by atoms with Gasteiger partial charge < -0.3 is 16.4 Å². The van der Waals surface area contributed by atoms with Crippen LogP contribution < -0.4 is 16.4 Å². The molecule has 0 amide bonds. The monoisotopic (exact) mass is 279 g/mol. The molecule has 1 heterocycles. The summed E-state index contributed by atoms with van der Waals surface area (Å²) in [6.45, 7) is 2.06. The van der Waals surface area contributed by atoms with Gasteiger partial charge in [0.25, 0.3) is 0 Å². The average Bonchev–Trinajstić information content (AvgIpc) is 2.47. The summed E-state index contributed by atoms with van der Waals surface area (Å²) in [5.74, 6) is 0.750. The van der Waals surface area contributed by atoms with Crippen LogP contribution in [0.4, 0.5) is 22.9 Å². The van der Waals surface area contributed by atoms with Gasteiger partial charge in [0.15, 0.2) is 0 Å². The van der Waals surface area contributed by atoms with Gasteiger partial charge in [-0.1, -0.05) is 12.1 Å². The van der Waals surface area contributed by atoms with E-state index in [2.05, 4.69) is 39.7 Å². The average molecular weight is 279 g/mol. The molecule has 0 bridgehead atoms. The zero-order valence-corrected chi connectivity index (χ0v) is 12.0. The number of aromatic nitrogens is 2. The molecule has 5 nitrogen and oxygen atoms in total. The van der Waals surface area contributed by atoms with Gasteiger partial charge in [-0.25, -0.2) is 9.97 Å². The zero-order valence-electron chi connectivity index (χ0n) is 12.0. The Balaban J connectivity index is 2.08. The highest BCUT2D eigenvalue weighted by Gasteiger charge is 2.07. The van der Waals surface area contributed by atoms with E-state index in [1.54, 1.807) is 6.33 Å². The van der Waals surface area contributed by atoms with Crippen molar-refractivity contribution in [3.63, 3.8) is 0 Å². The maximum absolute atomic E-state index is 6.04. The molecule has 2 aromatic carbocycles. The van der Waals surface area contributed by atoms with Crippen molar-refractivity contribution in [3.05, 3.63) is 48.3 Å². The van der Waals surface area contributed by atoms with Crippen molar-refractivity contribution in [2.24, 2.45) is 0 Å². The molecular weight excluding hydrogens is 262 g/mol. The van der Waals surface area contributed by atoms with Crippen molar-refractivity contribution in [2.45, 2.75) is 6.92 Å². The van der Waals surface area contributed by atoms with E-state index in [0.29, 0.717) is 5.69 Å². The van der Waals surface area contributed by atoms with Crippen LogP contribution in [0.5, 0.6) is 0 Å². The number of nitrogen functional groups attached to an aromatic ring is 1. The second kappa shape index (κ2) is 5.28. The van der Waals surface area contributed by atoms with Gasteiger partial charge in [-0.05, 0) is 36.8 Å². The van der Waals surface area contributed by atoms with Gasteiger partial charge in [0.05, 0.1) is 16.9 Å². The van der Waals surface area contributed by atoms with Gasteiger partial charge in [0.2, 0.25) is 0 Å². The van der Waals surface area contributed by atoms with Gasteiger partial charge >= 0.3 is 0 Å². The Hall–Kier alpha value is -2.82. The molecule has 3 aromatic rings. The first-order chi connectivity index (χ1) is 10.2. The number of nitrogens with two attached hydrogens (primary N) is 1. The molecule has 1 aromatic heterocycles. The lowest BCUT2D eigenvalue weighted by Crippen LogP contribution is -2.00. The Morgan fingerprint density at radius 3 is 2.71 bits per heavy atom. The van der Waals surface area contributed by atoms with Crippen molar-refractivity contribution >= 4 is 33.8 Å². The summed E-state index contributed by atoms with van der Waals surface area (Å²) in [7, 11) is 1.84. The van der Waals surface area contributed by atoms with Crippen molar-refractivity contribution in [1.82, 2.24) is 9.97 Å². The topological polar surface area (TPSA) is 75.9 Å². The Morgan fingerprint density at radius 2 is 1.95 bits per heavy atom. The van der Waals surface area contributed by atoms with Gasteiger partial charge in [-0.15, -0.1) is 0 Å². The number of rotatable bonds is 3. The van der Waals surface area contributed by atoms with Gasteiger partial charge in [-0.3, -0.25) is 0 Å². The van der Waals surface area contributed by atoms with Crippen LogP contribution in [0.1, 0.15) is 5.56 Å². The summed E-state index contributed by atoms with van der Waals surface area (Å²) in [4.78, 5) is 8.63. The quantitative estimate of drug-likeness (QED) is 0.641. The van der Waals surface area contributed by atoms with E-state index in [-0.39, 0.29) is 0 Å². The fraction of sp³-hybridized carbons (Fsp3) is 0.125. The summed E-state index contributed by atoms with van der Waals surface area (Å²) in [5, 5.41) is 7.28. The SMILES string of the molecule is CNc1cc2ncnc(Nc3cccc(C)c3)c2cc1N. The number of hydrogen-bond donors (Lipinski definition) is 3. The third-order valence-corrected chi connectivity index (χ3v) is 3.36. The molecule has 106 valence electrons. The molecule has 5 heteroatoms.